The highest BCUT2D eigenvalue weighted by Gasteiger charge is 2.02. The summed E-state index contributed by atoms with van der Waals surface area (Å²) < 4.78 is 0. The fourth-order valence-electron chi connectivity index (χ4n) is 1.05. The molecule has 0 aliphatic heterocycles. The van der Waals surface area contributed by atoms with Crippen molar-refractivity contribution in [2.45, 2.75) is 19.9 Å². The van der Waals surface area contributed by atoms with Gasteiger partial charge in [0.05, 0.1) is 6.54 Å². The van der Waals surface area contributed by atoms with E-state index in [0.717, 1.165) is 6.42 Å². The monoisotopic (exact) mass is 193 g/mol. The zero-order chi connectivity index (χ0) is 9.68. The van der Waals surface area contributed by atoms with E-state index < -0.39 is 0 Å². The Kier molecular flexibility index (Phi) is 3.53. The van der Waals surface area contributed by atoms with Gasteiger partial charge in [-0.05, 0) is 29.4 Å². The third-order valence-corrected chi connectivity index (χ3v) is 2.72. The summed E-state index contributed by atoms with van der Waals surface area (Å²) in [4.78, 5) is 12.0. The first-order valence-electron chi connectivity index (χ1n) is 4.07. The number of amides is 1. The molecule has 0 unspecified atom stereocenters. The van der Waals surface area contributed by atoms with Crippen LogP contribution in [0.2, 0.25) is 0 Å². The Morgan fingerprint density at radius 3 is 3.15 bits per heavy atom. The van der Waals surface area contributed by atoms with Crippen LogP contribution < -0.4 is 5.32 Å². The number of carbonyl (C=O) groups excluding carboxylic acids is 1. The van der Waals surface area contributed by atoms with Crippen LogP contribution in [0.5, 0.6) is 0 Å². The summed E-state index contributed by atoms with van der Waals surface area (Å²) in [6.45, 7) is 2.64. The molecular weight excluding hydrogens is 182 g/mol. The van der Waals surface area contributed by atoms with Gasteiger partial charge in [0, 0.05) is 4.88 Å². The molecule has 1 N–H and O–H groups in total. The number of hydrogen-bond donors (Lipinski definition) is 1. The van der Waals surface area contributed by atoms with Crippen LogP contribution in [0.1, 0.15) is 17.4 Å². The number of aryl methyl sites for hydroxylation is 1. The third kappa shape index (κ3) is 2.60. The van der Waals surface area contributed by atoms with E-state index in [2.05, 4.69) is 18.3 Å². The largest absolute Gasteiger partial charge is 0.340 e. The maximum atomic E-state index is 10.8. The fraction of sp³-hybridized carbons (Fsp3) is 0.300. The number of thiophene rings is 1. The van der Waals surface area contributed by atoms with E-state index in [1.807, 2.05) is 11.3 Å². The lowest BCUT2D eigenvalue weighted by atomic mass is 10.2. The van der Waals surface area contributed by atoms with Crippen LogP contribution in [-0.2, 0) is 17.8 Å². The summed E-state index contributed by atoms with van der Waals surface area (Å²) in [7, 11) is 0. The van der Waals surface area contributed by atoms with Crippen LogP contribution in [0.25, 0.3) is 0 Å². The molecule has 1 amide bonds. The molecule has 13 heavy (non-hydrogen) atoms. The molecule has 0 aliphatic carbocycles. The summed E-state index contributed by atoms with van der Waals surface area (Å²) in [5, 5.41) is 4.67. The SMILES string of the molecule is C#CC(=O)NCc1sccc1CC. The summed E-state index contributed by atoms with van der Waals surface area (Å²) >= 11 is 1.64. The van der Waals surface area contributed by atoms with Crippen LogP contribution >= 0.6 is 11.3 Å². The second-order valence-corrected chi connectivity index (χ2v) is 3.55. The van der Waals surface area contributed by atoms with E-state index in [4.69, 9.17) is 6.42 Å². The molecule has 1 rings (SSSR count). The first-order valence-corrected chi connectivity index (χ1v) is 4.95. The molecule has 68 valence electrons. The van der Waals surface area contributed by atoms with E-state index in [0.29, 0.717) is 6.54 Å². The van der Waals surface area contributed by atoms with E-state index in [1.165, 1.54) is 10.4 Å². The molecule has 0 radical (unpaired) electrons. The predicted molar refractivity (Wildman–Crippen MR) is 54.4 cm³/mol. The van der Waals surface area contributed by atoms with E-state index >= 15 is 0 Å². The van der Waals surface area contributed by atoms with Gasteiger partial charge < -0.3 is 5.32 Å². The number of carbonyl (C=O) groups is 1. The van der Waals surface area contributed by atoms with Gasteiger partial charge in [-0.15, -0.1) is 17.8 Å². The quantitative estimate of drug-likeness (QED) is 0.725. The van der Waals surface area contributed by atoms with Gasteiger partial charge in [0.25, 0.3) is 5.91 Å². The second-order valence-electron chi connectivity index (χ2n) is 2.55. The van der Waals surface area contributed by atoms with Gasteiger partial charge in [0.1, 0.15) is 0 Å². The van der Waals surface area contributed by atoms with Crippen molar-refractivity contribution in [3.8, 4) is 12.3 Å². The van der Waals surface area contributed by atoms with Crippen molar-refractivity contribution in [3.63, 3.8) is 0 Å². The van der Waals surface area contributed by atoms with Crippen LogP contribution in [0.3, 0.4) is 0 Å². The van der Waals surface area contributed by atoms with Gasteiger partial charge in [-0.3, -0.25) is 4.79 Å². The second kappa shape index (κ2) is 4.68. The third-order valence-electron chi connectivity index (χ3n) is 1.76. The minimum atomic E-state index is -0.351. The highest BCUT2D eigenvalue weighted by atomic mass is 32.1. The van der Waals surface area contributed by atoms with Gasteiger partial charge in [-0.1, -0.05) is 6.92 Å². The summed E-state index contributed by atoms with van der Waals surface area (Å²) in [5.74, 6) is 1.67. The predicted octanol–water partition coefficient (Wildman–Crippen LogP) is 1.56. The zero-order valence-corrected chi connectivity index (χ0v) is 8.28. The van der Waals surface area contributed by atoms with Crippen molar-refractivity contribution in [2.75, 3.05) is 0 Å². The lowest BCUT2D eigenvalue weighted by Gasteiger charge is -2.00. The smallest absolute Gasteiger partial charge is 0.295 e. The molecule has 0 aromatic carbocycles. The maximum absolute atomic E-state index is 10.8. The van der Waals surface area contributed by atoms with Crippen molar-refractivity contribution in [1.29, 1.82) is 0 Å². The Morgan fingerprint density at radius 1 is 1.77 bits per heavy atom. The van der Waals surface area contributed by atoms with Crippen LogP contribution in [-0.4, -0.2) is 5.91 Å². The summed E-state index contributed by atoms with van der Waals surface area (Å²) in [5.41, 5.74) is 1.28. The van der Waals surface area contributed by atoms with Gasteiger partial charge >= 0.3 is 0 Å². The van der Waals surface area contributed by atoms with Gasteiger partial charge in [0.15, 0.2) is 0 Å². The topological polar surface area (TPSA) is 29.1 Å². The van der Waals surface area contributed by atoms with Crippen molar-refractivity contribution < 1.29 is 4.79 Å². The Morgan fingerprint density at radius 2 is 2.54 bits per heavy atom. The molecule has 0 aliphatic rings. The van der Waals surface area contributed by atoms with Gasteiger partial charge in [-0.2, -0.15) is 0 Å². The lowest BCUT2D eigenvalue weighted by molar-refractivity contribution is -0.115. The average molecular weight is 193 g/mol. The molecule has 3 heteroatoms. The number of terminal acetylenes is 1. The molecule has 2 nitrogen and oxygen atoms in total. The number of rotatable bonds is 3. The van der Waals surface area contributed by atoms with Crippen molar-refractivity contribution in [1.82, 2.24) is 5.32 Å². The molecule has 0 atom stereocenters. The number of nitrogens with one attached hydrogen (secondary N) is 1. The molecule has 1 aromatic rings. The van der Waals surface area contributed by atoms with Gasteiger partial charge in [-0.25, -0.2) is 0 Å². The summed E-state index contributed by atoms with van der Waals surface area (Å²) in [6.07, 6.45) is 5.91. The highest BCUT2D eigenvalue weighted by molar-refractivity contribution is 7.10. The minimum absolute atomic E-state index is 0.351. The maximum Gasteiger partial charge on any atom is 0.295 e. The zero-order valence-electron chi connectivity index (χ0n) is 7.46. The Bertz CT molecular complexity index is 335. The molecular formula is C10H11NOS. The average Bonchev–Trinajstić information content (AvgIpc) is 2.61. The molecule has 1 heterocycles. The standard InChI is InChI=1S/C10H11NOS/c1-3-8-5-6-13-9(8)7-11-10(12)4-2/h2,5-6H,3,7H2,1H3,(H,11,12). The van der Waals surface area contributed by atoms with E-state index in [1.54, 1.807) is 11.3 Å². The van der Waals surface area contributed by atoms with Crippen molar-refractivity contribution in [3.05, 3.63) is 21.9 Å². The lowest BCUT2D eigenvalue weighted by Crippen LogP contribution is -2.20. The van der Waals surface area contributed by atoms with Crippen molar-refractivity contribution >= 4 is 17.2 Å². The molecule has 1 aromatic heterocycles. The first kappa shape index (κ1) is 9.82. The van der Waals surface area contributed by atoms with Crippen LogP contribution in [0.15, 0.2) is 11.4 Å². The van der Waals surface area contributed by atoms with Crippen molar-refractivity contribution in [2.24, 2.45) is 0 Å². The molecule has 0 saturated heterocycles. The fourth-order valence-corrected chi connectivity index (χ4v) is 1.96. The minimum Gasteiger partial charge on any atom is -0.340 e. The van der Waals surface area contributed by atoms with E-state index in [9.17, 15) is 4.79 Å². The van der Waals surface area contributed by atoms with Crippen LogP contribution in [0, 0.1) is 12.3 Å². The Labute approximate surface area is 82.0 Å². The normalized spacial score (nSPS) is 9.23. The number of hydrogen-bond acceptors (Lipinski definition) is 2. The molecule has 0 fully saturated rings. The molecule has 0 saturated carbocycles. The Hall–Kier alpha value is -1.27. The van der Waals surface area contributed by atoms with Crippen LogP contribution in [0.4, 0.5) is 0 Å². The van der Waals surface area contributed by atoms with E-state index in [-0.39, 0.29) is 5.91 Å². The first-order chi connectivity index (χ1) is 6.27. The Balaban J connectivity index is 2.55. The highest BCUT2D eigenvalue weighted by Crippen LogP contribution is 2.16. The molecule has 0 bridgehead atoms. The van der Waals surface area contributed by atoms with Gasteiger partial charge in [0.2, 0.25) is 0 Å². The summed E-state index contributed by atoms with van der Waals surface area (Å²) in [6, 6.07) is 2.07. The molecule has 0 spiro atoms.